The second-order valence-electron chi connectivity index (χ2n) is 5.09. The highest BCUT2D eigenvalue weighted by molar-refractivity contribution is 7.91. The van der Waals surface area contributed by atoms with Crippen LogP contribution in [0, 0.1) is 0 Å². The normalized spacial score (nSPS) is 12.3. The summed E-state index contributed by atoms with van der Waals surface area (Å²) in [5.41, 5.74) is 3.36. The molecule has 0 radical (unpaired) electrons. The SMILES string of the molecule is COCCC[S+]([O-])c1ccc(-c2ccc(CCO)cc2)cc1. The lowest BCUT2D eigenvalue weighted by molar-refractivity contribution is 0.199. The summed E-state index contributed by atoms with van der Waals surface area (Å²) >= 11 is -0.964. The first-order chi connectivity index (χ1) is 10.7. The van der Waals surface area contributed by atoms with E-state index in [0.717, 1.165) is 28.0 Å². The Hall–Kier alpha value is -1.33. The highest BCUT2D eigenvalue weighted by atomic mass is 32.2. The molecule has 0 saturated carbocycles. The van der Waals surface area contributed by atoms with Gasteiger partial charge in [-0.05, 0) is 58.6 Å². The second-order valence-corrected chi connectivity index (χ2v) is 6.66. The molecule has 4 heteroatoms. The Morgan fingerprint density at radius 2 is 1.59 bits per heavy atom. The first kappa shape index (κ1) is 17.0. The highest BCUT2D eigenvalue weighted by Crippen LogP contribution is 2.22. The van der Waals surface area contributed by atoms with Gasteiger partial charge in [0.2, 0.25) is 0 Å². The molecule has 1 unspecified atom stereocenters. The monoisotopic (exact) mass is 318 g/mol. The molecule has 3 nitrogen and oxygen atoms in total. The summed E-state index contributed by atoms with van der Waals surface area (Å²) in [7, 11) is 1.66. The van der Waals surface area contributed by atoms with Crippen LogP contribution in [0.15, 0.2) is 53.4 Å². The van der Waals surface area contributed by atoms with Crippen LogP contribution in [-0.2, 0) is 22.3 Å². The van der Waals surface area contributed by atoms with Gasteiger partial charge >= 0.3 is 0 Å². The van der Waals surface area contributed by atoms with Gasteiger partial charge in [0, 0.05) is 20.1 Å². The zero-order valence-electron chi connectivity index (χ0n) is 12.8. The summed E-state index contributed by atoms with van der Waals surface area (Å²) in [4.78, 5) is 0.858. The van der Waals surface area contributed by atoms with Crippen LogP contribution in [0.1, 0.15) is 12.0 Å². The predicted octanol–water partition coefficient (Wildman–Crippen LogP) is 3.03. The van der Waals surface area contributed by atoms with Crippen molar-refractivity contribution in [2.45, 2.75) is 17.7 Å². The molecule has 2 aromatic carbocycles. The Morgan fingerprint density at radius 1 is 1.00 bits per heavy atom. The van der Waals surface area contributed by atoms with E-state index in [1.54, 1.807) is 7.11 Å². The van der Waals surface area contributed by atoms with E-state index in [1.165, 1.54) is 0 Å². The van der Waals surface area contributed by atoms with Crippen molar-refractivity contribution in [2.75, 3.05) is 26.1 Å². The van der Waals surface area contributed by atoms with Crippen LogP contribution in [0.3, 0.4) is 0 Å². The fourth-order valence-electron chi connectivity index (χ4n) is 2.24. The maximum absolute atomic E-state index is 12.1. The quantitative estimate of drug-likeness (QED) is 0.601. The van der Waals surface area contributed by atoms with Crippen molar-refractivity contribution in [3.8, 4) is 11.1 Å². The molecule has 118 valence electrons. The molecule has 2 rings (SSSR count). The van der Waals surface area contributed by atoms with Crippen molar-refractivity contribution < 1.29 is 14.4 Å². The Labute approximate surface area is 135 Å². The molecule has 0 bridgehead atoms. The molecule has 0 spiro atoms. The maximum Gasteiger partial charge on any atom is 0.152 e. The zero-order valence-corrected chi connectivity index (χ0v) is 13.6. The number of hydrogen-bond acceptors (Lipinski definition) is 3. The zero-order chi connectivity index (χ0) is 15.8. The lowest BCUT2D eigenvalue weighted by Crippen LogP contribution is -2.08. The number of hydrogen-bond donors (Lipinski definition) is 1. The topological polar surface area (TPSA) is 52.5 Å². The molecule has 0 aliphatic carbocycles. The van der Waals surface area contributed by atoms with Gasteiger partial charge < -0.3 is 14.4 Å². The fourth-order valence-corrected chi connectivity index (χ4v) is 3.30. The molecule has 1 atom stereocenters. The van der Waals surface area contributed by atoms with Crippen molar-refractivity contribution in [3.63, 3.8) is 0 Å². The van der Waals surface area contributed by atoms with E-state index in [9.17, 15) is 4.55 Å². The van der Waals surface area contributed by atoms with Crippen LogP contribution in [0.2, 0.25) is 0 Å². The lowest BCUT2D eigenvalue weighted by atomic mass is 10.0. The molecular weight excluding hydrogens is 296 g/mol. The van der Waals surface area contributed by atoms with E-state index in [-0.39, 0.29) is 6.61 Å². The number of aliphatic hydroxyl groups excluding tert-OH is 1. The van der Waals surface area contributed by atoms with E-state index < -0.39 is 11.2 Å². The fraction of sp³-hybridized carbons (Fsp3) is 0.333. The summed E-state index contributed by atoms with van der Waals surface area (Å²) in [5.74, 6) is 0.628. The van der Waals surface area contributed by atoms with Gasteiger partial charge in [-0.15, -0.1) is 0 Å². The van der Waals surface area contributed by atoms with Gasteiger partial charge in [0.15, 0.2) is 4.90 Å². The van der Waals surface area contributed by atoms with Gasteiger partial charge in [0.05, 0.1) is 6.61 Å². The Morgan fingerprint density at radius 3 is 2.14 bits per heavy atom. The summed E-state index contributed by atoms with van der Waals surface area (Å²) < 4.78 is 17.1. The maximum atomic E-state index is 12.1. The number of aliphatic hydroxyl groups is 1. The summed E-state index contributed by atoms with van der Waals surface area (Å²) in [6.07, 6.45) is 1.48. The van der Waals surface area contributed by atoms with Gasteiger partial charge in [-0.25, -0.2) is 0 Å². The van der Waals surface area contributed by atoms with Gasteiger partial charge in [0.25, 0.3) is 0 Å². The molecule has 0 amide bonds. The van der Waals surface area contributed by atoms with Crippen molar-refractivity contribution in [1.29, 1.82) is 0 Å². The summed E-state index contributed by atoms with van der Waals surface area (Å²) in [5, 5.41) is 8.93. The third-order valence-electron chi connectivity index (χ3n) is 3.48. The lowest BCUT2D eigenvalue weighted by Gasteiger charge is -2.11. The molecule has 0 saturated heterocycles. The highest BCUT2D eigenvalue weighted by Gasteiger charge is 2.10. The van der Waals surface area contributed by atoms with E-state index in [4.69, 9.17) is 9.84 Å². The molecule has 0 aliphatic heterocycles. The van der Waals surface area contributed by atoms with Crippen LogP contribution >= 0.6 is 0 Å². The van der Waals surface area contributed by atoms with E-state index in [2.05, 4.69) is 12.1 Å². The van der Waals surface area contributed by atoms with Crippen molar-refractivity contribution in [2.24, 2.45) is 0 Å². The first-order valence-electron chi connectivity index (χ1n) is 7.42. The van der Waals surface area contributed by atoms with E-state index >= 15 is 0 Å². The minimum Gasteiger partial charge on any atom is -0.611 e. The number of ether oxygens (including phenoxy) is 1. The van der Waals surface area contributed by atoms with Gasteiger partial charge in [-0.3, -0.25) is 0 Å². The molecule has 2 aromatic rings. The molecule has 0 fully saturated rings. The molecular formula is C18H22O3S. The summed E-state index contributed by atoms with van der Waals surface area (Å²) in [6.45, 7) is 0.812. The number of rotatable bonds is 8. The minimum absolute atomic E-state index is 0.170. The van der Waals surface area contributed by atoms with Crippen molar-refractivity contribution in [3.05, 3.63) is 54.1 Å². The van der Waals surface area contributed by atoms with Gasteiger partial charge in [0.1, 0.15) is 5.75 Å². The second kappa shape index (κ2) is 8.96. The first-order valence-corrected chi connectivity index (χ1v) is 8.74. The van der Waals surface area contributed by atoms with Crippen LogP contribution in [0.25, 0.3) is 11.1 Å². The van der Waals surface area contributed by atoms with Gasteiger partial charge in [-0.2, -0.15) is 0 Å². The molecule has 0 aromatic heterocycles. The average molecular weight is 318 g/mol. The third kappa shape index (κ3) is 4.85. The standard InChI is InChI=1S/C18H22O3S/c1-21-13-2-14-22(20)18-9-7-17(8-10-18)16-5-3-15(4-6-16)11-12-19/h3-10,19H,2,11-14H2,1H3. The Bertz CT molecular complexity index is 552. The largest absolute Gasteiger partial charge is 0.611 e. The van der Waals surface area contributed by atoms with Crippen LogP contribution in [0.4, 0.5) is 0 Å². The summed E-state index contributed by atoms with van der Waals surface area (Å²) in [6, 6.07) is 16.0. The van der Waals surface area contributed by atoms with Gasteiger partial charge in [-0.1, -0.05) is 24.3 Å². The minimum atomic E-state index is -0.964. The smallest absolute Gasteiger partial charge is 0.152 e. The molecule has 0 heterocycles. The van der Waals surface area contributed by atoms with E-state index in [1.807, 2.05) is 36.4 Å². The van der Waals surface area contributed by atoms with Crippen LogP contribution in [-0.4, -0.2) is 35.7 Å². The molecule has 22 heavy (non-hydrogen) atoms. The van der Waals surface area contributed by atoms with Crippen molar-refractivity contribution >= 4 is 11.2 Å². The number of benzene rings is 2. The molecule has 1 N–H and O–H groups in total. The van der Waals surface area contributed by atoms with E-state index in [0.29, 0.717) is 18.8 Å². The average Bonchev–Trinajstić information content (AvgIpc) is 2.56. The Balaban J connectivity index is 2.01. The van der Waals surface area contributed by atoms with Crippen molar-refractivity contribution in [1.82, 2.24) is 0 Å². The Kier molecular flexibility index (Phi) is 6.93. The third-order valence-corrected chi connectivity index (χ3v) is 4.94. The predicted molar refractivity (Wildman–Crippen MR) is 90.4 cm³/mol. The van der Waals surface area contributed by atoms with Crippen LogP contribution < -0.4 is 0 Å². The van der Waals surface area contributed by atoms with Crippen LogP contribution in [0.5, 0.6) is 0 Å². The number of methoxy groups -OCH3 is 1. The molecule has 0 aliphatic rings.